The predicted molar refractivity (Wildman–Crippen MR) is 85.4 cm³/mol. The second kappa shape index (κ2) is 7.98. The molecule has 1 unspecified atom stereocenters. The van der Waals surface area contributed by atoms with Crippen molar-refractivity contribution in [3.8, 4) is 5.75 Å². The average Bonchev–Trinajstić information content (AvgIpc) is 2.45. The summed E-state index contributed by atoms with van der Waals surface area (Å²) in [5.41, 5.74) is 6.22. The number of hydrogen-bond donors (Lipinski definition) is 2. The lowest BCUT2D eigenvalue weighted by atomic mass is 10.1. The van der Waals surface area contributed by atoms with Crippen molar-refractivity contribution < 1.29 is 13.2 Å². The molecule has 5 nitrogen and oxygen atoms in total. The maximum Gasteiger partial charge on any atom is 0.241 e. The van der Waals surface area contributed by atoms with Crippen LogP contribution < -0.4 is 15.2 Å². The maximum atomic E-state index is 12.5. The van der Waals surface area contributed by atoms with Crippen LogP contribution in [0.5, 0.6) is 5.75 Å². The zero-order valence-electron chi connectivity index (χ0n) is 12.6. The summed E-state index contributed by atoms with van der Waals surface area (Å²) in [6.45, 7) is 4.02. The van der Waals surface area contributed by atoms with Gasteiger partial charge in [0.15, 0.2) is 0 Å². The molecular weight excluding hydrogens is 312 g/mol. The number of unbranched alkanes of at least 4 members (excludes halogenated alkanes) is 1. The van der Waals surface area contributed by atoms with E-state index in [2.05, 4.69) is 11.6 Å². The summed E-state index contributed by atoms with van der Waals surface area (Å²) >= 11 is 6.02. The van der Waals surface area contributed by atoms with Gasteiger partial charge in [-0.05, 0) is 31.0 Å². The fourth-order valence-electron chi connectivity index (χ4n) is 2.04. The van der Waals surface area contributed by atoms with Crippen molar-refractivity contribution in [2.75, 3.05) is 13.7 Å². The topological polar surface area (TPSA) is 81.4 Å². The standard InChI is InChI=1S/C14H23ClN2O3S/c1-4-5-6-11(9-16)17-21(18,19)14-8-12(15)13(20-3)7-10(14)2/h7-8,11,17H,4-6,9,16H2,1-3H3. The summed E-state index contributed by atoms with van der Waals surface area (Å²) in [5.74, 6) is 0.453. The van der Waals surface area contributed by atoms with E-state index >= 15 is 0 Å². The number of hydrogen-bond acceptors (Lipinski definition) is 4. The predicted octanol–water partition coefficient (Wildman–Crippen LogP) is 2.45. The molecule has 0 spiro atoms. The third-order valence-electron chi connectivity index (χ3n) is 3.25. The Balaban J connectivity index is 3.04. The van der Waals surface area contributed by atoms with Crippen molar-refractivity contribution in [3.05, 3.63) is 22.7 Å². The van der Waals surface area contributed by atoms with Crippen LogP contribution in [-0.4, -0.2) is 28.1 Å². The fraction of sp³-hybridized carbons (Fsp3) is 0.571. The first kappa shape index (κ1) is 18.2. The molecule has 0 aliphatic rings. The van der Waals surface area contributed by atoms with Gasteiger partial charge in [-0.1, -0.05) is 31.4 Å². The quantitative estimate of drug-likeness (QED) is 0.765. The molecule has 0 heterocycles. The Kier molecular flexibility index (Phi) is 6.93. The first-order valence-electron chi connectivity index (χ1n) is 6.92. The third kappa shape index (κ3) is 4.85. The SMILES string of the molecule is CCCCC(CN)NS(=O)(=O)c1cc(Cl)c(OC)cc1C. The molecule has 3 N–H and O–H groups in total. The summed E-state index contributed by atoms with van der Waals surface area (Å²) in [6.07, 6.45) is 2.63. The molecule has 0 radical (unpaired) electrons. The number of aryl methyl sites for hydroxylation is 1. The smallest absolute Gasteiger partial charge is 0.241 e. The van der Waals surface area contributed by atoms with Gasteiger partial charge in [0.05, 0.1) is 17.0 Å². The van der Waals surface area contributed by atoms with E-state index in [0.29, 0.717) is 11.3 Å². The Hall–Kier alpha value is -0.820. The largest absolute Gasteiger partial charge is 0.495 e. The number of benzene rings is 1. The number of methoxy groups -OCH3 is 1. The van der Waals surface area contributed by atoms with E-state index in [1.165, 1.54) is 13.2 Å². The van der Waals surface area contributed by atoms with Gasteiger partial charge >= 0.3 is 0 Å². The molecule has 0 aliphatic carbocycles. The van der Waals surface area contributed by atoms with Crippen LogP contribution in [0.15, 0.2) is 17.0 Å². The first-order chi connectivity index (χ1) is 9.85. The summed E-state index contributed by atoms with van der Waals surface area (Å²) in [6, 6.07) is 2.75. The zero-order chi connectivity index (χ0) is 16.0. The van der Waals surface area contributed by atoms with E-state index in [9.17, 15) is 8.42 Å². The van der Waals surface area contributed by atoms with E-state index < -0.39 is 10.0 Å². The average molecular weight is 335 g/mol. The molecule has 1 rings (SSSR count). The van der Waals surface area contributed by atoms with E-state index in [-0.39, 0.29) is 22.5 Å². The number of halogens is 1. The second-order valence-electron chi connectivity index (χ2n) is 4.95. The van der Waals surface area contributed by atoms with Crippen molar-refractivity contribution in [2.24, 2.45) is 5.73 Å². The fourth-order valence-corrected chi connectivity index (χ4v) is 3.88. The zero-order valence-corrected chi connectivity index (χ0v) is 14.2. The molecule has 1 atom stereocenters. The Morgan fingerprint density at radius 2 is 2.10 bits per heavy atom. The molecule has 0 aliphatic heterocycles. The number of rotatable bonds is 8. The van der Waals surface area contributed by atoms with Gasteiger partial charge in [-0.3, -0.25) is 0 Å². The molecule has 0 saturated carbocycles. The molecule has 120 valence electrons. The van der Waals surface area contributed by atoms with Crippen LogP contribution in [0.4, 0.5) is 0 Å². The van der Waals surface area contributed by atoms with E-state index in [1.807, 2.05) is 0 Å². The lowest BCUT2D eigenvalue weighted by Crippen LogP contribution is -2.40. The highest BCUT2D eigenvalue weighted by atomic mass is 35.5. The van der Waals surface area contributed by atoms with Crippen LogP contribution in [-0.2, 0) is 10.0 Å². The third-order valence-corrected chi connectivity index (χ3v) is 5.21. The molecule has 0 amide bonds. The van der Waals surface area contributed by atoms with Crippen LogP contribution in [0.3, 0.4) is 0 Å². The summed E-state index contributed by atoms with van der Waals surface area (Å²) < 4.78 is 32.7. The van der Waals surface area contributed by atoms with Gasteiger partial charge in [0.25, 0.3) is 0 Å². The molecule has 1 aromatic rings. The van der Waals surface area contributed by atoms with Gasteiger partial charge in [0, 0.05) is 12.6 Å². The van der Waals surface area contributed by atoms with Gasteiger partial charge in [0.1, 0.15) is 5.75 Å². The van der Waals surface area contributed by atoms with Crippen molar-refractivity contribution in [2.45, 2.75) is 44.0 Å². The molecular formula is C14H23ClN2O3S. The van der Waals surface area contributed by atoms with Crippen LogP contribution in [0.2, 0.25) is 5.02 Å². The monoisotopic (exact) mass is 334 g/mol. The molecule has 0 saturated heterocycles. The van der Waals surface area contributed by atoms with Gasteiger partial charge in [-0.2, -0.15) is 0 Å². The van der Waals surface area contributed by atoms with Gasteiger partial charge in [0.2, 0.25) is 10.0 Å². The summed E-state index contributed by atoms with van der Waals surface area (Å²) in [5, 5.41) is 0.265. The minimum absolute atomic E-state index is 0.156. The van der Waals surface area contributed by atoms with E-state index in [4.69, 9.17) is 22.1 Å². The Bertz CT molecular complexity index is 576. The molecule has 21 heavy (non-hydrogen) atoms. The van der Waals surface area contributed by atoms with E-state index in [0.717, 1.165) is 19.3 Å². The Labute approximate surface area is 131 Å². The van der Waals surface area contributed by atoms with Crippen molar-refractivity contribution >= 4 is 21.6 Å². The molecule has 0 bridgehead atoms. The number of sulfonamides is 1. The highest BCUT2D eigenvalue weighted by Gasteiger charge is 2.22. The van der Waals surface area contributed by atoms with Gasteiger partial charge in [-0.15, -0.1) is 0 Å². The normalized spacial score (nSPS) is 13.2. The Morgan fingerprint density at radius 1 is 1.43 bits per heavy atom. The van der Waals surface area contributed by atoms with Gasteiger partial charge < -0.3 is 10.5 Å². The molecule has 0 fully saturated rings. The van der Waals surface area contributed by atoms with Crippen LogP contribution in [0, 0.1) is 6.92 Å². The number of nitrogens with one attached hydrogen (secondary N) is 1. The highest BCUT2D eigenvalue weighted by molar-refractivity contribution is 7.89. The first-order valence-corrected chi connectivity index (χ1v) is 8.78. The van der Waals surface area contributed by atoms with Crippen LogP contribution in [0.1, 0.15) is 31.7 Å². The highest BCUT2D eigenvalue weighted by Crippen LogP contribution is 2.30. The van der Waals surface area contributed by atoms with Crippen LogP contribution >= 0.6 is 11.6 Å². The van der Waals surface area contributed by atoms with Crippen molar-refractivity contribution in [1.82, 2.24) is 4.72 Å². The molecule has 1 aromatic carbocycles. The van der Waals surface area contributed by atoms with Crippen LogP contribution in [0.25, 0.3) is 0 Å². The second-order valence-corrected chi connectivity index (χ2v) is 7.04. The van der Waals surface area contributed by atoms with Gasteiger partial charge in [-0.25, -0.2) is 13.1 Å². The number of ether oxygens (including phenoxy) is 1. The molecule has 0 aromatic heterocycles. The summed E-state index contributed by atoms with van der Waals surface area (Å²) in [4.78, 5) is 0.156. The van der Waals surface area contributed by atoms with Crippen molar-refractivity contribution in [3.63, 3.8) is 0 Å². The lowest BCUT2D eigenvalue weighted by molar-refractivity contribution is 0.414. The Morgan fingerprint density at radius 3 is 2.62 bits per heavy atom. The molecule has 7 heteroatoms. The minimum atomic E-state index is -3.65. The maximum absolute atomic E-state index is 12.5. The summed E-state index contributed by atoms with van der Waals surface area (Å²) in [7, 11) is -2.16. The lowest BCUT2D eigenvalue weighted by Gasteiger charge is -2.18. The van der Waals surface area contributed by atoms with Crippen molar-refractivity contribution in [1.29, 1.82) is 0 Å². The number of nitrogens with two attached hydrogens (primary N) is 1. The minimum Gasteiger partial charge on any atom is -0.495 e. The van der Waals surface area contributed by atoms with E-state index in [1.54, 1.807) is 13.0 Å².